The SMILES string of the molecule is BrCCCCOc1ccccc1C1CCCCC1. The van der Waals surface area contributed by atoms with Crippen LogP contribution in [0.1, 0.15) is 56.4 Å². The molecule has 1 aliphatic rings. The van der Waals surface area contributed by atoms with E-state index in [0.29, 0.717) is 0 Å². The van der Waals surface area contributed by atoms with E-state index in [9.17, 15) is 0 Å². The van der Waals surface area contributed by atoms with E-state index in [1.165, 1.54) is 44.1 Å². The predicted molar refractivity (Wildman–Crippen MR) is 80.8 cm³/mol. The molecule has 0 bridgehead atoms. The van der Waals surface area contributed by atoms with Crippen LogP contribution >= 0.6 is 15.9 Å². The smallest absolute Gasteiger partial charge is 0.122 e. The van der Waals surface area contributed by atoms with Crippen molar-refractivity contribution in [3.05, 3.63) is 29.8 Å². The lowest BCUT2D eigenvalue weighted by Gasteiger charge is -2.24. The van der Waals surface area contributed by atoms with Crippen LogP contribution in [0, 0.1) is 0 Å². The van der Waals surface area contributed by atoms with E-state index in [-0.39, 0.29) is 0 Å². The van der Waals surface area contributed by atoms with Gasteiger partial charge in [0.1, 0.15) is 5.75 Å². The van der Waals surface area contributed by atoms with Crippen molar-refractivity contribution in [2.45, 2.75) is 50.9 Å². The van der Waals surface area contributed by atoms with Gasteiger partial charge >= 0.3 is 0 Å². The van der Waals surface area contributed by atoms with E-state index < -0.39 is 0 Å². The van der Waals surface area contributed by atoms with Crippen LogP contribution in [0.25, 0.3) is 0 Å². The number of hydrogen-bond acceptors (Lipinski definition) is 1. The van der Waals surface area contributed by atoms with E-state index in [0.717, 1.165) is 30.0 Å². The minimum atomic E-state index is 0.728. The lowest BCUT2D eigenvalue weighted by molar-refractivity contribution is 0.301. The first kappa shape index (κ1) is 13.9. The average Bonchev–Trinajstić information content (AvgIpc) is 2.45. The molecule has 1 nitrogen and oxygen atoms in total. The van der Waals surface area contributed by atoms with Crippen molar-refractivity contribution in [1.29, 1.82) is 0 Å². The topological polar surface area (TPSA) is 9.23 Å². The number of rotatable bonds is 6. The normalized spacial score (nSPS) is 16.7. The Morgan fingerprint density at radius 2 is 1.83 bits per heavy atom. The minimum Gasteiger partial charge on any atom is -0.493 e. The molecule has 2 rings (SSSR count). The lowest BCUT2D eigenvalue weighted by Crippen LogP contribution is -2.07. The van der Waals surface area contributed by atoms with Gasteiger partial charge in [0.2, 0.25) is 0 Å². The lowest BCUT2D eigenvalue weighted by atomic mass is 9.84. The summed E-state index contributed by atoms with van der Waals surface area (Å²) in [7, 11) is 0. The molecule has 0 amide bonds. The van der Waals surface area contributed by atoms with Crippen molar-refractivity contribution in [3.8, 4) is 5.75 Å². The Morgan fingerprint density at radius 3 is 2.61 bits per heavy atom. The zero-order chi connectivity index (χ0) is 12.6. The van der Waals surface area contributed by atoms with Crippen molar-refractivity contribution in [1.82, 2.24) is 0 Å². The molecule has 1 aliphatic carbocycles. The molecule has 18 heavy (non-hydrogen) atoms. The van der Waals surface area contributed by atoms with E-state index in [2.05, 4.69) is 40.2 Å². The quantitative estimate of drug-likeness (QED) is 0.512. The Labute approximate surface area is 119 Å². The van der Waals surface area contributed by atoms with E-state index >= 15 is 0 Å². The summed E-state index contributed by atoms with van der Waals surface area (Å²) in [6.07, 6.45) is 9.15. The standard InChI is InChI=1S/C16H23BrO/c17-12-6-7-13-18-16-11-5-4-10-15(16)14-8-2-1-3-9-14/h4-5,10-11,14H,1-3,6-9,12-13H2. The van der Waals surface area contributed by atoms with Crippen LogP contribution in [0.2, 0.25) is 0 Å². The second-order valence-corrected chi connectivity index (χ2v) is 5.91. The number of benzene rings is 1. The summed E-state index contributed by atoms with van der Waals surface area (Å²) in [5.74, 6) is 1.85. The maximum absolute atomic E-state index is 5.97. The Bertz CT molecular complexity index is 345. The maximum Gasteiger partial charge on any atom is 0.122 e. The fourth-order valence-electron chi connectivity index (χ4n) is 2.74. The first-order valence-corrected chi connectivity index (χ1v) is 8.31. The molecule has 0 N–H and O–H groups in total. The van der Waals surface area contributed by atoms with Gasteiger partial charge < -0.3 is 4.74 Å². The number of unbranched alkanes of at least 4 members (excludes halogenated alkanes) is 1. The van der Waals surface area contributed by atoms with Gasteiger partial charge in [-0.15, -0.1) is 0 Å². The van der Waals surface area contributed by atoms with Crippen molar-refractivity contribution in [3.63, 3.8) is 0 Å². The Morgan fingerprint density at radius 1 is 1.06 bits per heavy atom. The van der Waals surface area contributed by atoms with Gasteiger partial charge in [0.05, 0.1) is 6.61 Å². The summed E-state index contributed by atoms with van der Waals surface area (Å²) < 4.78 is 5.97. The molecule has 0 aliphatic heterocycles. The molecule has 0 unspecified atom stereocenters. The zero-order valence-corrected chi connectivity index (χ0v) is 12.6. The van der Waals surface area contributed by atoms with Crippen LogP contribution in [0.4, 0.5) is 0 Å². The summed E-state index contributed by atoms with van der Waals surface area (Å²) in [5, 5.41) is 1.07. The van der Waals surface area contributed by atoms with Gasteiger partial charge in [-0.1, -0.05) is 53.4 Å². The highest BCUT2D eigenvalue weighted by molar-refractivity contribution is 9.09. The molecule has 1 aromatic carbocycles. The third-order valence-electron chi connectivity index (χ3n) is 3.75. The van der Waals surface area contributed by atoms with Gasteiger partial charge in [0.15, 0.2) is 0 Å². The molecule has 0 radical (unpaired) electrons. The molecular weight excluding hydrogens is 288 g/mol. The highest BCUT2D eigenvalue weighted by Crippen LogP contribution is 2.37. The molecule has 1 fully saturated rings. The molecule has 0 heterocycles. The number of alkyl halides is 1. The molecular formula is C16H23BrO. The van der Waals surface area contributed by atoms with Gasteiger partial charge in [-0.05, 0) is 43.2 Å². The number of halogens is 1. The van der Waals surface area contributed by atoms with Crippen molar-refractivity contribution >= 4 is 15.9 Å². The van der Waals surface area contributed by atoms with Gasteiger partial charge in [0, 0.05) is 5.33 Å². The predicted octanol–water partition coefficient (Wildman–Crippen LogP) is 5.29. The Balaban J connectivity index is 1.96. The zero-order valence-electron chi connectivity index (χ0n) is 11.0. The minimum absolute atomic E-state index is 0.728. The molecule has 2 heteroatoms. The first-order valence-electron chi connectivity index (χ1n) is 7.19. The molecule has 100 valence electrons. The molecule has 0 saturated heterocycles. The summed E-state index contributed by atoms with van der Waals surface area (Å²) in [5.41, 5.74) is 1.44. The van der Waals surface area contributed by atoms with Crippen LogP contribution in [-0.2, 0) is 0 Å². The third-order valence-corrected chi connectivity index (χ3v) is 4.31. The number of para-hydroxylation sites is 1. The second-order valence-electron chi connectivity index (χ2n) is 5.12. The van der Waals surface area contributed by atoms with Crippen LogP contribution in [-0.4, -0.2) is 11.9 Å². The second kappa shape index (κ2) is 7.83. The fourth-order valence-corrected chi connectivity index (χ4v) is 3.14. The largest absolute Gasteiger partial charge is 0.493 e. The van der Waals surface area contributed by atoms with Crippen LogP contribution in [0.5, 0.6) is 5.75 Å². The summed E-state index contributed by atoms with van der Waals surface area (Å²) in [6, 6.07) is 8.63. The molecule has 0 spiro atoms. The van der Waals surface area contributed by atoms with Gasteiger partial charge in [-0.2, -0.15) is 0 Å². The summed E-state index contributed by atoms with van der Waals surface area (Å²) in [6.45, 7) is 0.843. The molecule has 0 aromatic heterocycles. The summed E-state index contributed by atoms with van der Waals surface area (Å²) >= 11 is 3.46. The summed E-state index contributed by atoms with van der Waals surface area (Å²) in [4.78, 5) is 0. The Kier molecular flexibility index (Phi) is 6.06. The van der Waals surface area contributed by atoms with Crippen molar-refractivity contribution in [2.24, 2.45) is 0 Å². The fraction of sp³-hybridized carbons (Fsp3) is 0.625. The maximum atomic E-state index is 5.97. The van der Waals surface area contributed by atoms with Gasteiger partial charge in [-0.3, -0.25) is 0 Å². The van der Waals surface area contributed by atoms with E-state index in [1.54, 1.807) is 0 Å². The average molecular weight is 311 g/mol. The van der Waals surface area contributed by atoms with Crippen LogP contribution in [0.3, 0.4) is 0 Å². The molecule has 1 saturated carbocycles. The van der Waals surface area contributed by atoms with Crippen LogP contribution < -0.4 is 4.74 Å². The first-order chi connectivity index (χ1) is 8.92. The molecule has 1 aromatic rings. The highest BCUT2D eigenvalue weighted by atomic mass is 79.9. The van der Waals surface area contributed by atoms with Gasteiger partial charge in [0.25, 0.3) is 0 Å². The number of ether oxygens (including phenoxy) is 1. The van der Waals surface area contributed by atoms with Crippen LogP contribution in [0.15, 0.2) is 24.3 Å². The van der Waals surface area contributed by atoms with Gasteiger partial charge in [-0.25, -0.2) is 0 Å². The highest BCUT2D eigenvalue weighted by Gasteiger charge is 2.18. The van der Waals surface area contributed by atoms with Crippen molar-refractivity contribution < 1.29 is 4.74 Å². The van der Waals surface area contributed by atoms with Crippen molar-refractivity contribution in [2.75, 3.05) is 11.9 Å². The molecule has 0 atom stereocenters. The van der Waals surface area contributed by atoms with E-state index in [1.807, 2.05) is 0 Å². The Hall–Kier alpha value is -0.500. The monoisotopic (exact) mass is 310 g/mol. The number of hydrogen-bond donors (Lipinski definition) is 0. The van der Waals surface area contributed by atoms with E-state index in [4.69, 9.17) is 4.74 Å². The third kappa shape index (κ3) is 4.01.